The van der Waals surface area contributed by atoms with E-state index >= 15 is 0 Å². The maximum Gasteiger partial charge on any atom is 0.463 e. The Morgan fingerprint density at radius 1 is 0.407 bits per heavy atom. The summed E-state index contributed by atoms with van der Waals surface area (Å²) in [7, 11) is -3.14. The van der Waals surface area contributed by atoms with E-state index in [1.165, 1.54) is 12.1 Å². The lowest BCUT2D eigenvalue weighted by Gasteiger charge is -2.42. The number of hydrogen-bond acceptors (Lipinski definition) is 3. The monoisotopic (exact) mass is 904 g/mol. The van der Waals surface area contributed by atoms with Crippen LogP contribution in [0, 0.1) is 0 Å². The minimum Gasteiger partial charge on any atom is -0.417 e. The third-order valence-electron chi connectivity index (χ3n) is 9.05. The van der Waals surface area contributed by atoms with Crippen LogP contribution < -0.4 is 9.05 Å². The van der Waals surface area contributed by atoms with Crippen molar-refractivity contribution >= 4 is 8.60 Å². The molecule has 340 valence electrons. The molecule has 0 unspecified atom stereocenters. The predicted molar refractivity (Wildman–Crippen MR) is 187 cm³/mol. The van der Waals surface area contributed by atoms with E-state index in [1.54, 1.807) is 65.8 Å². The van der Waals surface area contributed by atoms with E-state index in [4.69, 9.17) is 13.6 Å². The van der Waals surface area contributed by atoms with Crippen molar-refractivity contribution in [2.24, 2.45) is 0 Å². The lowest BCUT2D eigenvalue weighted by atomic mass is 9.80. The zero-order valence-corrected chi connectivity index (χ0v) is 34.9. The van der Waals surface area contributed by atoms with E-state index in [0.717, 1.165) is 11.1 Å². The van der Waals surface area contributed by atoms with Crippen LogP contribution in [0.4, 0.5) is 74.6 Å². The summed E-state index contributed by atoms with van der Waals surface area (Å²) in [6.07, 6.45) is -10.6. The summed E-state index contributed by atoms with van der Waals surface area (Å²) in [6.45, 7) is 19.9. The molecule has 0 spiro atoms. The Bertz CT molecular complexity index is 1700. The van der Waals surface area contributed by atoms with Crippen LogP contribution in [0.25, 0.3) is 0 Å². The van der Waals surface area contributed by atoms with Crippen molar-refractivity contribution in [3.05, 3.63) is 58.7 Å². The van der Waals surface area contributed by atoms with Gasteiger partial charge in [0, 0.05) is 17.5 Å². The van der Waals surface area contributed by atoms with Gasteiger partial charge in [0.05, 0.1) is 6.61 Å². The Kier molecular flexibility index (Phi) is 14.1. The fraction of sp³-hybridized carbons (Fsp3) is 0.684. The minimum atomic E-state index is -8.71. The molecule has 0 saturated carbocycles. The van der Waals surface area contributed by atoms with Gasteiger partial charge in [-0.3, -0.25) is 4.52 Å². The number of halogens is 17. The van der Waals surface area contributed by atoms with Crippen LogP contribution in [-0.2, 0) is 26.2 Å². The van der Waals surface area contributed by atoms with Gasteiger partial charge < -0.3 is 9.05 Å². The first kappa shape index (κ1) is 52.4. The van der Waals surface area contributed by atoms with Crippen molar-refractivity contribution in [2.45, 2.75) is 159 Å². The number of benzene rings is 2. The average molecular weight is 905 g/mol. The summed E-state index contributed by atoms with van der Waals surface area (Å²) < 4.78 is 253. The fourth-order valence-electron chi connectivity index (χ4n) is 5.16. The first-order valence-corrected chi connectivity index (χ1v) is 18.6. The highest BCUT2D eigenvalue weighted by Gasteiger charge is 2.95. The third kappa shape index (κ3) is 9.98. The van der Waals surface area contributed by atoms with Crippen LogP contribution >= 0.6 is 8.60 Å². The molecule has 2 rings (SSSR count). The maximum atomic E-state index is 14.9. The average Bonchev–Trinajstić information content (AvgIpc) is 3.01. The Balaban J connectivity index is 2.67. The van der Waals surface area contributed by atoms with Crippen LogP contribution in [0.15, 0.2) is 36.4 Å². The number of hydrogen-bond donors (Lipinski definition) is 0. The highest BCUT2D eigenvalue weighted by molar-refractivity contribution is 7.42. The number of alkyl halides is 17. The second-order valence-corrected chi connectivity index (χ2v) is 19.1. The molecule has 2 aromatic carbocycles. The molecule has 0 heterocycles. The summed E-state index contributed by atoms with van der Waals surface area (Å²) >= 11 is 0. The lowest BCUT2D eigenvalue weighted by Crippen LogP contribution is -2.74. The van der Waals surface area contributed by atoms with Crippen molar-refractivity contribution in [3.63, 3.8) is 0 Å². The van der Waals surface area contributed by atoms with Gasteiger partial charge in [-0.15, -0.1) is 0 Å². The van der Waals surface area contributed by atoms with Gasteiger partial charge in [-0.1, -0.05) is 107 Å². The highest BCUT2D eigenvalue weighted by Crippen LogP contribution is 2.64. The van der Waals surface area contributed by atoms with E-state index in [0.29, 0.717) is 11.1 Å². The quantitative estimate of drug-likeness (QED) is 0.140. The van der Waals surface area contributed by atoms with E-state index in [9.17, 15) is 74.6 Å². The Hall–Kier alpha value is -2.76. The van der Waals surface area contributed by atoms with E-state index in [1.807, 2.05) is 41.5 Å². The number of rotatable bonds is 14. The zero-order chi connectivity index (χ0) is 46.8. The summed E-state index contributed by atoms with van der Waals surface area (Å²) in [5.74, 6) is -57.1. The standard InChI is InChI=1S/C38H46F17O3P/c1-27(2,3)21-13-15-25(23(19-21)29(7,8)9)57-59(58-26-16-14-22(28(4,5)6)20-24(26)30(10,11)12)56-18-17-31(39,40)32(41,42)33(43,44)34(45,46)35(47,48)36(49,50)37(51,52)38(53,54)55/h13-16,19-20H,17-18H2,1-12H3. The summed E-state index contributed by atoms with van der Waals surface area (Å²) in [5, 5.41) is 0. The zero-order valence-electron chi connectivity index (χ0n) is 34.0. The van der Waals surface area contributed by atoms with Crippen molar-refractivity contribution in [1.29, 1.82) is 0 Å². The third-order valence-corrected chi connectivity index (χ3v) is 10.1. The second-order valence-electron chi connectivity index (χ2n) is 18.1. The van der Waals surface area contributed by atoms with Crippen molar-refractivity contribution in [3.8, 4) is 11.5 Å². The molecule has 0 fully saturated rings. The molecule has 0 aromatic heterocycles. The molecule has 3 nitrogen and oxygen atoms in total. The van der Waals surface area contributed by atoms with Crippen LogP contribution in [0.1, 0.15) is 112 Å². The summed E-state index contributed by atoms with van der Waals surface area (Å²) in [6, 6.07) is 9.53. The van der Waals surface area contributed by atoms with Gasteiger partial charge >= 0.3 is 56.2 Å². The van der Waals surface area contributed by atoms with Crippen LogP contribution in [0.3, 0.4) is 0 Å². The van der Waals surface area contributed by atoms with Crippen LogP contribution in [0.2, 0.25) is 0 Å². The molecule has 0 amide bonds. The first-order valence-electron chi connectivity index (χ1n) is 17.5. The van der Waals surface area contributed by atoms with Gasteiger partial charge in [0.1, 0.15) is 11.5 Å². The van der Waals surface area contributed by atoms with Gasteiger partial charge in [0.25, 0.3) is 0 Å². The first-order chi connectivity index (χ1) is 25.7. The minimum absolute atomic E-state index is 0.0256. The maximum absolute atomic E-state index is 14.9. The molecule has 21 heteroatoms. The Morgan fingerprint density at radius 2 is 0.712 bits per heavy atom. The molecular formula is C38H46F17O3P. The summed E-state index contributed by atoms with van der Waals surface area (Å²) in [4.78, 5) is 0. The molecule has 0 N–H and O–H groups in total. The van der Waals surface area contributed by atoms with Crippen molar-refractivity contribution < 1.29 is 88.2 Å². The molecule has 0 atom stereocenters. The summed E-state index contributed by atoms with van der Waals surface area (Å²) in [5.41, 5.74) is 0.127. The second kappa shape index (κ2) is 15.9. The lowest BCUT2D eigenvalue weighted by molar-refractivity contribution is -0.461. The molecule has 0 aliphatic carbocycles. The fourth-order valence-corrected chi connectivity index (χ4v) is 6.18. The Labute approximate surface area is 332 Å². The smallest absolute Gasteiger partial charge is 0.417 e. The largest absolute Gasteiger partial charge is 0.463 e. The highest BCUT2D eigenvalue weighted by atomic mass is 31.2. The van der Waals surface area contributed by atoms with E-state index in [-0.39, 0.29) is 11.5 Å². The topological polar surface area (TPSA) is 27.7 Å². The molecule has 0 aliphatic heterocycles. The van der Waals surface area contributed by atoms with E-state index < -0.39 is 90.9 Å². The predicted octanol–water partition coefficient (Wildman–Crippen LogP) is 15.0. The van der Waals surface area contributed by atoms with Crippen molar-refractivity contribution in [2.75, 3.05) is 6.61 Å². The molecule has 0 bridgehead atoms. The van der Waals surface area contributed by atoms with Crippen LogP contribution in [0.5, 0.6) is 11.5 Å². The van der Waals surface area contributed by atoms with Gasteiger partial charge in [0.15, 0.2) is 0 Å². The molecule has 0 radical (unpaired) electrons. The molecule has 59 heavy (non-hydrogen) atoms. The molecule has 2 aromatic rings. The normalized spacial score (nSPS) is 15.2. The van der Waals surface area contributed by atoms with Gasteiger partial charge in [-0.05, 0) is 44.9 Å². The molecule has 0 aliphatic rings. The molecular weight excluding hydrogens is 858 g/mol. The van der Waals surface area contributed by atoms with Gasteiger partial charge in [-0.25, -0.2) is 0 Å². The van der Waals surface area contributed by atoms with Crippen molar-refractivity contribution in [1.82, 2.24) is 0 Å². The van der Waals surface area contributed by atoms with Gasteiger partial charge in [-0.2, -0.15) is 74.6 Å². The van der Waals surface area contributed by atoms with Gasteiger partial charge in [0.2, 0.25) is 0 Å². The van der Waals surface area contributed by atoms with E-state index in [2.05, 4.69) is 0 Å². The van der Waals surface area contributed by atoms with Crippen LogP contribution in [-0.4, -0.2) is 54.2 Å². The SMILES string of the molecule is CC(C)(C)c1ccc(OP(OCCC(F)(F)C(F)(F)C(F)(F)C(F)(F)C(F)(F)C(F)(F)C(F)(F)C(F)(F)F)Oc2ccc(C(C)(C)C)cc2C(C)(C)C)c(C(C)(C)C)c1. The molecule has 0 saturated heterocycles. The Morgan fingerprint density at radius 3 is 1.00 bits per heavy atom.